The lowest BCUT2D eigenvalue weighted by molar-refractivity contribution is 0.384. The first-order chi connectivity index (χ1) is 9.24. The van der Waals surface area contributed by atoms with Crippen molar-refractivity contribution in [3.05, 3.63) is 30.2 Å². The van der Waals surface area contributed by atoms with Crippen molar-refractivity contribution in [1.29, 1.82) is 0 Å². The molecular formula is C12H17N5OS. The fourth-order valence-corrected chi connectivity index (χ4v) is 2.44. The summed E-state index contributed by atoms with van der Waals surface area (Å²) >= 11 is 1.54. The van der Waals surface area contributed by atoms with Gasteiger partial charge in [-0.2, -0.15) is 4.98 Å². The maximum atomic E-state index is 5.19. The summed E-state index contributed by atoms with van der Waals surface area (Å²) in [5.41, 5.74) is 0. The topological polar surface area (TPSA) is 69.6 Å². The third kappa shape index (κ3) is 3.44. The van der Waals surface area contributed by atoms with E-state index >= 15 is 0 Å². The van der Waals surface area contributed by atoms with Crippen molar-refractivity contribution in [1.82, 2.24) is 24.9 Å². The molecular weight excluding hydrogens is 262 g/mol. The monoisotopic (exact) mass is 279 g/mol. The van der Waals surface area contributed by atoms with E-state index in [2.05, 4.69) is 33.8 Å². The summed E-state index contributed by atoms with van der Waals surface area (Å²) in [5, 5.41) is 13.0. The van der Waals surface area contributed by atoms with Gasteiger partial charge in [-0.05, 0) is 13.3 Å². The number of hydrogen-bond donors (Lipinski definition) is 0. The summed E-state index contributed by atoms with van der Waals surface area (Å²) in [6.07, 6.45) is 3.69. The molecule has 0 N–H and O–H groups in total. The minimum Gasteiger partial charge on any atom is -0.338 e. The zero-order valence-corrected chi connectivity index (χ0v) is 12.0. The molecule has 0 bridgehead atoms. The van der Waals surface area contributed by atoms with Gasteiger partial charge in [-0.3, -0.25) is 0 Å². The van der Waals surface area contributed by atoms with Crippen LogP contribution in [0.4, 0.5) is 0 Å². The zero-order valence-electron chi connectivity index (χ0n) is 11.2. The molecule has 6 nitrogen and oxygen atoms in total. The molecule has 2 aromatic heterocycles. The maximum Gasteiger partial charge on any atom is 0.237 e. The van der Waals surface area contributed by atoms with Crippen LogP contribution in [0.2, 0.25) is 0 Å². The largest absolute Gasteiger partial charge is 0.338 e. The standard InChI is InChI=1S/C12H17N5OS/c1-4-6-10-13-11(18-16-10)8-19-12-15-14-9(3)17(12)7-5-2/h5H,2,4,6-8H2,1,3H3. The van der Waals surface area contributed by atoms with E-state index in [1.807, 2.05) is 17.6 Å². The molecule has 0 aliphatic rings. The summed E-state index contributed by atoms with van der Waals surface area (Å²) in [6.45, 7) is 8.45. The van der Waals surface area contributed by atoms with E-state index in [-0.39, 0.29) is 0 Å². The Bertz CT molecular complexity index is 548. The Morgan fingerprint density at radius 2 is 2.26 bits per heavy atom. The average Bonchev–Trinajstić information content (AvgIpc) is 2.97. The van der Waals surface area contributed by atoms with Gasteiger partial charge in [-0.25, -0.2) is 0 Å². The summed E-state index contributed by atoms with van der Waals surface area (Å²) in [6, 6.07) is 0. The van der Waals surface area contributed by atoms with E-state index in [0.29, 0.717) is 18.2 Å². The Balaban J connectivity index is 1.99. The van der Waals surface area contributed by atoms with Crippen LogP contribution in [0.5, 0.6) is 0 Å². The SMILES string of the molecule is C=CCn1c(C)nnc1SCc1nc(CCC)no1. The Morgan fingerprint density at radius 1 is 1.42 bits per heavy atom. The molecule has 0 radical (unpaired) electrons. The van der Waals surface area contributed by atoms with Crippen molar-refractivity contribution in [2.75, 3.05) is 0 Å². The van der Waals surface area contributed by atoms with Crippen molar-refractivity contribution in [3.8, 4) is 0 Å². The molecule has 0 fully saturated rings. The Hall–Kier alpha value is -1.63. The first kappa shape index (κ1) is 13.8. The van der Waals surface area contributed by atoms with Crippen molar-refractivity contribution in [2.45, 2.75) is 44.1 Å². The molecule has 0 amide bonds. The van der Waals surface area contributed by atoms with Gasteiger partial charge in [0.05, 0.1) is 5.75 Å². The Kier molecular flexibility index (Phi) is 4.73. The van der Waals surface area contributed by atoms with E-state index < -0.39 is 0 Å². The number of rotatable bonds is 7. The van der Waals surface area contributed by atoms with E-state index in [4.69, 9.17) is 4.52 Å². The van der Waals surface area contributed by atoms with Gasteiger partial charge < -0.3 is 9.09 Å². The second kappa shape index (κ2) is 6.51. The van der Waals surface area contributed by atoms with Gasteiger partial charge in [-0.1, -0.05) is 29.9 Å². The number of hydrogen-bond acceptors (Lipinski definition) is 6. The van der Waals surface area contributed by atoms with Crippen LogP contribution in [0.15, 0.2) is 22.3 Å². The second-order valence-electron chi connectivity index (χ2n) is 4.07. The lowest BCUT2D eigenvalue weighted by Gasteiger charge is -2.03. The Labute approximate surface area is 116 Å². The smallest absolute Gasteiger partial charge is 0.237 e. The number of allylic oxidation sites excluding steroid dienone is 1. The molecule has 102 valence electrons. The van der Waals surface area contributed by atoms with E-state index in [1.54, 1.807) is 0 Å². The highest BCUT2D eigenvalue weighted by molar-refractivity contribution is 7.98. The number of aromatic nitrogens is 5. The van der Waals surface area contributed by atoms with Gasteiger partial charge in [0.25, 0.3) is 0 Å². The van der Waals surface area contributed by atoms with Crippen LogP contribution in [0.1, 0.15) is 30.9 Å². The van der Waals surface area contributed by atoms with Gasteiger partial charge in [0, 0.05) is 13.0 Å². The summed E-state index contributed by atoms with van der Waals surface area (Å²) in [4.78, 5) is 4.32. The minimum absolute atomic E-state index is 0.603. The molecule has 0 saturated heterocycles. The van der Waals surface area contributed by atoms with Crippen LogP contribution in [0, 0.1) is 6.92 Å². The van der Waals surface area contributed by atoms with Crippen LogP contribution in [-0.2, 0) is 18.7 Å². The van der Waals surface area contributed by atoms with Gasteiger partial charge >= 0.3 is 0 Å². The highest BCUT2D eigenvalue weighted by Gasteiger charge is 2.11. The van der Waals surface area contributed by atoms with E-state index in [1.165, 1.54) is 11.8 Å². The van der Waals surface area contributed by atoms with Crippen LogP contribution >= 0.6 is 11.8 Å². The van der Waals surface area contributed by atoms with Crippen molar-refractivity contribution < 1.29 is 4.52 Å². The van der Waals surface area contributed by atoms with Crippen LogP contribution in [0.3, 0.4) is 0 Å². The first-order valence-corrected chi connectivity index (χ1v) is 7.18. The molecule has 0 aromatic carbocycles. The molecule has 0 unspecified atom stereocenters. The fraction of sp³-hybridized carbons (Fsp3) is 0.500. The summed E-state index contributed by atoms with van der Waals surface area (Å²) < 4.78 is 7.19. The van der Waals surface area contributed by atoms with E-state index in [9.17, 15) is 0 Å². The third-order valence-electron chi connectivity index (χ3n) is 2.52. The second-order valence-corrected chi connectivity index (χ2v) is 5.01. The van der Waals surface area contributed by atoms with Crippen molar-refractivity contribution in [3.63, 3.8) is 0 Å². The number of aryl methyl sites for hydroxylation is 2. The fourth-order valence-electron chi connectivity index (χ4n) is 1.61. The van der Waals surface area contributed by atoms with Crippen molar-refractivity contribution >= 4 is 11.8 Å². The van der Waals surface area contributed by atoms with Gasteiger partial charge in [0.1, 0.15) is 5.82 Å². The molecule has 7 heteroatoms. The predicted molar refractivity (Wildman–Crippen MR) is 72.8 cm³/mol. The molecule has 19 heavy (non-hydrogen) atoms. The minimum atomic E-state index is 0.603. The van der Waals surface area contributed by atoms with E-state index in [0.717, 1.165) is 29.6 Å². The predicted octanol–water partition coefficient (Wildman–Crippen LogP) is 2.40. The number of nitrogens with zero attached hydrogens (tertiary/aromatic N) is 5. The summed E-state index contributed by atoms with van der Waals surface area (Å²) in [7, 11) is 0. The molecule has 0 aliphatic heterocycles. The molecule has 2 aromatic rings. The van der Waals surface area contributed by atoms with Gasteiger partial charge in [-0.15, -0.1) is 16.8 Å². The highest BCUT2D eigenvalue weighted by atomic mass is 32.2. The maximum absolute atomic E-state index is 5.19. The summed E-state index contributed by atoms with van der Waals surface area (Å²) in [5.74, 6) is 2.87. The quantitative estimate of drug-likeness (QED) is 0.572. The molecule has 2 heterocycles. The van der Waals surface area contributed by atoms with Crippen LogP contribution in [0.25, 0.3) is 0 Å². The lowest BCUT2D eigenvalue weighted by Crippen LogP contribution is -2.00. The highest BCUT2D eigenvalue weighted by Crippen LogP contribution is 2.21. The normalized spacial score (nSPS) is 10.8. The van der Waals surface area contributed by atoms with Gasteiger partial charge in [0.2, 0.25) is 5.89 Å². The first-order valence-electron chi connectivity index (χ1n) is 6.19. The van der Waals surface area contributed by atoms with Gasteiger partial charge in [0.15, 0.2) is 11.0 Å². The lowest BCUT2D eigenvalue weighted by atomic mass is 10.3. The van der Waals surface area contributed by atoms with Crippen molar-refractivity contribution in [2.24, 2.45) is 0 Å². The molecule has 0 saturated carbocycles. The average molecular weight is 279 g/mol. The third-order valence-corrected chi connectivity index (χ3v) is 3.47. The van der Waals surface area contributed by atoms with Crippen LogP contribution in [-0.4, -0.2) is 24.9 Å². The van der Waals surface area contributed by atoms with Crippen LogP contribution < -0.4 is 0 Å². The molecule has 0 atom stereocenters. The zero-order chi connectivity index (χ0) is 13.7. The molecule has 0 spiro atoms. The molecule has 2 rings (SSSR count). The number of thioether (sulfide) groups is 1. The molecule has 0 aliphatic carbocycles. The Morgan fingerprint density at radius 3 is 3.00 bits per heavy atom.